The van der Waals surface area contributed by atoms with Gasteiger partial charge in [0.1, 0.15) is 11.6 Å². The topological polar surface area (TPSA) is 82.4 Å². The molecule has 3 rings (SSSR count). The number of hydrogen-bond acceptors (Lipinski definition) is 5. The molecule has 0 aliphatic heterocycles. The summed E-state index contributed by atoms with van der Waals surface area (Å²) in [5.41, 5.74) is 1.80. The molecule has 7 nitrogen and oxygen atoms in total. The molecule has 0 spiro atoms. The SMILES string of the molecule is COc1ccc(C(=O)OCC(=O)Nc2cc(C(C)(C)C)nn2-c2ccccc2)cc1. The van der Waals surface area contributed by atoms with Gasteiger partial charge in [0.25, 0.3) is 5.91 Å². The first-order valence-corrected chi connectivity index (χ1v) is 9.55. The van der Waals surface area contributed by atoms with Gasteiger partial charge in [0.15, 0.2) is 6.61 Å². The van der Waals surface area contributed by atoms with Crippen molar-refractivity contribution in [3.63, 3.8) is 0 Å². The summed E-state index contributed by atoms with van der Waals surface area (Å²) in [4.78, 5) is 24.6. The lowest BCUT2D eigenvalue weighted by Gasteiger charge is -2.14. The first-order chi connectivity index (χ1) is 14.3. The molecule has 156 valence electrons. The van der Waals surface area contributed by atoms with Crippen molar-refractivity contribution in [3.8, 4) is 11.4 Å². The number of nitrogens with zero attached hydrogens (tertiary/aromatic N) is 2. The number of carbonyl (C=O) groups excluding carboxylic acids is 2. The normalized spacial score (nSPS) is 11.1. The second-order valence-corrected chi connectivity index (χ2v) is 7.76. The zero-order valence-electron chi connectivity index (χ0n) is 17.5. The fourth-order valence-electron chi connectivity index (χ4n) is 2.72. The summed E-state index contributed by atoms with van der Waals surface area (Å²) in [7, 11) is 1.54. The Morgan fingerprint density at radius 1 is 1.03 bits per heavy atom. The van der Waals surface area contributed by atoms with Crippen molar-refractivity contribution in [1.29, 1.82) is 0 Å². The van der Waals surface area contributed by atoms with E-state index in [9.17, 15) is 9.59 Å². The van der Waals surface area contributed by atoms with Gasteiger partial charge in [-0.1, -0.05) is 39.0 Å². The van der Waals surface area contributed by atoms with Gasteiger partial charge in [0.2, 0.25) is 0 Å². The lowest BCUT2D eigenvalue weighted by Crippen LogP contribution is -2.22. The molecule has 0 saturated heterocycles. The average Bonchev–Trinajstić information content (AvgIpc) is 3.17. The van der Waals surface area contributed by atoms with E-state index in [2.05, 4.69) is 10.4 Å². The molecule has 0 aliphatic carbocycles. The molecule has 0 bridgehead atoms. The predicted octanol–water partition coefficient (Wildman–Crippen LogP) is 3.97. The minimum atomic E-state index is -0.584. The van der Waals surface area contributed by atoms with Crippen LogP contribution in [0, 0.1) is 0 Å². The van der Waals surface area contributed by atoms with Crippen LogP contribution in [0.2, 0.25) is 0 Å². The van der Waals surface area contributed by atoms with Gasteiger partial charge in [-0.15, -0.1) is 0 Å². The van der Waals surface area contributed by atoms with Gasteiger partial charge < -0.3 is 14.8 Å². The Labute approximate surface area is 175 Å². The Hall–Kier alpha value is -3.61. The van der Waals surface area contributed by atoms with Gasteiger partial charge in [0.05, 0.1) is 24.1 Å². The molecule has 1 N–H and O–H groups in total. The number of benzene rings is 2. The summed E-state index contributed by atoms with van der Waals surface area (Å²) >= 11 is 0. The molecular weight excluding hydrogens is 382 g/mol. The van der Waals surface area contributed by atoms with Gasteiger partial charge in [-0.25, -0.2) is 9.48 Å². The molecule has 1 amide bonds. The Morgan fingerprint density at radius 2 is 1.70 bits per heavy atom. The van der Waals surface area contributed by atoms with Crippen LogP contribution in [0.5, 0.6) is 5.75 Å². The van der Waals surface area contributed by atoms with Crippen LogP contribution in [0.1, 0.15) is 36.8 Å². The van der Waals surface area contributed by atoms with Crippen molar-refractivity contribution >= 4 is 17.7 Å². The van der Waals surface area contributed by atoms with Crippen LogP contribution in [0.25, 0.3) is 5.69 Å². The number of methoxy groups -OCH3 is 1. The molecule has 0 atom stereocenters. The minimum absolute atomic E-state index is 0.194. The molecule has 1 heterocycles. The quantitative estimate of drug-likeness (QED) is 0.625. The summed E-state index contributed by atoms with van der Waals surface area (Å²) in [6.07, 6.45) is 0. The summed E-state index contributed by atoms with van der Waals surface area (Å²) in [6, 6.07) is 17.8. The van der Waals surface area contributed by atoms with Crippen LogP contribution >= 0.6 is 0 Å². The number of rotatable bonds is 6. The monoisotopic (exact) mass is 407 g/mol. The van der Waals surface area contributed by atoms with E-state index in [4.69, 9.17) is 9.47 Å². The number of carbonyl (C=O) groups is 2. The molecule has 2 aromatic carbocycles. The van der Waals surface area contributed by atoms with E-state index in [0.29, 0.717) is 17.1 Å². The smallest absolute Gasteiger partial charge is 0.338 e. The lowest BCUT2D eigenvalue weighted by molar-refractivity contribution is -0.119. The second-order valence-electron chi connectivity index (χ2n) is 7.76. The zero-order chi connectivity index (χ0) is 21.7. The third kappa shape index (κ3) is 5.05. The van der Waals surface area contributed by atoms with E-state index in [-0.39, 0.29) is 5.41 Å². The van der Waals surface area contributed by atoms with Gasteiger partial charge >= 0.3 is 5.97 Å². The van der Waals surface area contributed by atoms with Crippen LogP contribution in [-0.4, -0.2) is 35.4 Å². The van der Waals surface area contributed by atoms with Crippen LogP contribution in [0.4, 0.5) is 5.82 Å². The highest BCUT2D eigenvalue weighted by molar-refractivity contribution is 5.95. The van der Waals surface area contributed by atoms with Crippen molar-refractivity contribution in [2.24, 2.45) is 0 Å². The lowest BCUT2D eigenvalue weighted by atomic mass is 9.92. The Kier molecular flexibility index (Phi) is 6.20. The van der Waals surface area contributed by atoms with Crippen LogP contribution < -0.4 is 10.1 Å². The first kappa shape index (κ1) is 21.1. The van der Waals surface area contributed by atoms with Crippen LogP contribution in [0.3, 0.4) is 0 Å². The Morgan fingerprint density at radius 3 is 2.30 bits per heavy atom. The first-order valence-electron chi connectivity index (χ1n) is 9.55. The van der Waals surface area contributed by atoms with Crippen molar-refractivity contribution < 1.29 is 19.1 Å². The highest BCUT2D eigenvalue weighted by Crippen LogP contribution is 2.26. The number of esters is 1. The number of amides is 1. The summed E-state index contributed by atoms with van der Waals surface area (Å²) in [5, 5.41) is 7.44. The van der Waals surface area contributed by atoms with Gasteiger partial charge in [-0.2, -0.15) is 5.10 Å². The molecule has 30 heavy (non-hydrogen) atoms. The molecule has 7 heteroatoms. The molecule has 0 radical (unpaired) electrons. The second kappa shape index (κ2) is 8.82. The number of aromatic nitrogens is 2. The Bertz CT molecular complexity index is 1020. The number of ether oxygens (including phenoxy) is 2. The van der Waals surface area contributed by atoms with E-state index in [1.54, 1.807) is 36.1 Å². The maximum Gasteiger partial charge on any atom is 0.338 e. The van der Waals surface area contributed by atoms with Crippen LogP contribution in [-0.2, 0) is 14.9 Å². The molecule has 0 unspecified atom stereocenters. The number of hydrogen-bond donors (Lipinski definition) is 1. The van der Waals surface area contributed by atoms with Crippen molar-refractivity contribution in [2.45, 2.75) is 26.2 Å². The largest absolute Gasteiger partial charge is 0.497 e. The summed E-state index contributed by atoms with van der Waals surface area (Å²) in [5.74, 6) is 0.110. The van der Waals surface area contributed by atoms with Gasteiger partial charge in [-0.3, -0.25) is 4.79 Å². The highest BCUT2D eigenvalue weighted by atomic mass is 16.5. The maximum atomic E-state index is 12.4. The standard InChI is InChI=1S/C23H25N3O4/c1-23(2,3)19-14-20(26(25-19)17-8-6-5-7-9-17)24-21(27)15-30-22(28)16-10-12-18(29-4)13-11-16/h5-14H,15H2,1-4H3,(H,24,27). The third-order valence-electron chi connectivity index (χ3n) is 4.41. The summed E-state index contributed by atoms with van der Waals surface area (Å²) < 4.78 is 11.9. The van der Waals surface area contributed by atoms with E-state index in [0.717, 1.165) is 11.4 Å². The van der Waals surface area contributed by atoms with E-state index in [1.807, 2.05) is 57.2 Å². The average molecular weight is 407 g/mol. The molecular formula is C23H25N3O4. The van der Waals surface area contributed by atoms with Gasteiger partial charge in [-0.05, 0) is 36.4 Å². The van der Waals surface area contributed by atoms with Gasteiger partial charge in [0, 0.05) is 11.5 Å². The van der Waals surface area contributed by atoms with Crippen LogP contribution in [0.15, 0.2) is 60.7 Å². The van der Waals surface area contributed by atoms with E-state index < -0.39 is 18.5 Å². The zero-order valence-corrected chi connectivity index (χ0v) is 17.5. The minimum Gasteiger partial charge on any atom is -0.497 e. The third-order valence-corrected chi connectivity index (χ3v) is 4.41. The Balaban J connectivity index is 1.71. The number of anilines is 1. The highest BCUT2D eigenvalue weighted by Gasteiger charge is 2.22. The van der Waals surface area contributed by atoms with Crippen molar-refractivity contribution in [2.75, 3.05) is 19.0 Å². The maximum absolute atomic E-state index is 12.4. The molecule has 1 aromatic heterocycles. The molecule has 3 aromatic rings. The molecule has 0 fully saturated rings. The number of para-hydroxylation sites is 1. The fourth-order valence-corrected chi connectivity index (χ4v) is 2.72. The fraction of sp³-hybridized carbons (Fsp3) is 0.261. The molecule has 0 saturated carbocycles. The van der Waals surface area contributed by atoms with Crippen molar-refractivity contribution in [1.82, 2.24) is 9.78 Å². The predicted molar refractivity (Wildman–Crippen MR) is 114 cm³/mol. The van der Waals surface area contributed by atoms with Crippen molar-refractivity contribution in [3.05, 3.63) is 71.9 Å². The van der Waals surface area contributed by atoms with E-state index in [1.165, 1.54) is 0 Å². The summed E-state index contributed by atoms with van der Waals surface area (Å²) in [6.45, 7) is 5.74. The molecule has 0 aliphatic rings. The van der Waals surface area contributed by atoms with E-state index >= 15 is 0 Å². The number of nitrogens with one attached hydrogen (secondary N) is 1.